The Balaban J connectivity index is 1.51. The molecule has 20 atom stereocenters. The van der Waals surface area contributed by atoms with Gasteiger partial charge >= 0.3 is 11.9 Å². The lowest BCUT2D eigenvalue weighted by Gasteiger charge is -2.48. The molecule has 4 aliphatic rings. The van der Waals surface area contributed by atoms with Crippen molar-refractivity contribution in [3.63, 3.8) is 0 Å². The van der Waals surface area contributed by atoms with Crippen LogP contribution < -0.4 is 0 Å². The number of hydrogen-bond donors (Lipinski definition) is 14. The number of aliphatic hydroxyl groups is 12. The summed E-state index contributed by atoms with van der Waals surface area (Å²) in [5.41, 5.74) is 0. The Morgan fingerprint density at radius 2 is 0.851 bits per heavy atom. The van der Waals surface area contributed by atoms with Gasteiger partial charge in [0.05, 0.1) is 13.2 Å². The summed E-state index contributed by atoms with van der Waals surface area (Å²) in [6.07, 6.45) is -40.7. The largest absolute Gasteiger partial charge is 0.479 e. The number of carboxylic acid groups (broad SMARTS) is 2. The second-order valence-electron chi connectivity index (χ2n) is 11.2. The monoisotopic (exact) mass is 694 g/mol. The highest BCUT2D eigenvalue weighted by Crippen LogP contribution is 2.34. The smallest absolute Gasteiger partial charge is 0.335 e. The molecule has 23 heteroatoms. The highest BCUT2D eigenvalue weighted by molar-refractivity contribution is 5.73. The maximum absolute atomic E-state index is 11.9. The van der Waals surface area contributed by atoms with E-state index in [1.807, 2.05) is 0 Å². The molecule has 0 saturated carbocycles. The number of aliphatic hydroxyl groups excluding tert-OH is 12. The zero-order chi connectivity index (χ0) is 35.1. The lowest BCUT2D eigenvalue weighted by molar-refractivity contribution is -0.385. The van der Waals surface area contributed by atoms with Crippen LogP contribution in [0.15, 0.2) is 0 Å². The molecular formula is C24H38O23. The summed E-state index contributed by atoms with van der Waals surface area (Å²) in [6.45, 7) is -1.95. The van der Waals surface area contributed by atoms with Gasteiger partial charge < -0.3 is 105 Å². The SMILES string of the molecule is O=C(O)[C@H]1O[C@@H](O[C@H]2[C@H](O)[C@H](O)[C@H](O[C@@H]3[C@@H](O)[C@H](O[C@H]4[C@@H](O)[C@@H](O)[C@H](O)O[C@H]4CO)O[C@H](C(=O)O)[C@H]3O)O[C@@H]2CO)[C@@H](O)[C@H](O)[C@@H]1O. The number of hydrogen-bond acceptors (Lipinski definition) is 21. The van der Waals surface area contributed by atoms with Crippen molar-refractivity contribution in [3.8, 4) is 0 Å². The average Bonchev–Trinajstić information content (AvgIpc) is 3.03. The molecule has 4 saturated heterocycles. The molecule has 4 heterocycles. The molecule has 4 aliphatic heterocycles. The summed E-state index contributed by atoms with van der Waals surface area (Å²) < 4.78 is 36.6. The van der Waals surface area contributed by atoms with Crippen LogP contribution in [-0.4, -0.2) is 219 Å². The lowest BCUT2D eigenvalue weighted by atomic mass is 9.95. The van der Waals surface area contributed by atoms with Crippen molar-refractivity contribution in [2.45, 2.75) is 123 Å². The Hall–Kier alpha value is -1.82. The van der Waals surface area contributed by atoms with Crippen LogP contribution in [0.1, 0.15) is 0 Å². The van der Waals surface area contributed by atoms with E-state index in [1.165, 1.54) is 0 Å². The Kier molecular flexibility index (Phi) is 12.4. The Labute approximate surface area is 262 Å². The number of aliphatic carboxylic acids is 2. The zero-order valence-corrected chi connectivity index (χ0v) is 23.9. The first-order valence-corrected chi connectivity index (χ1v) is 14.1. The van der Waals surface area contributed by atoms with E-state index in [0.717, 1.165) is 0 Å². The second kappa shape index (κ2) is 15.4. The summed E-state index contributed by atoms with van der Waals surface area (Å²) in [7, 11) is 0. The molecular weight excluding hydrogens is 656 g/mol. The Morgan fingerprint density at radius 3 is 1.36 bits per heavy atom. The molecule has 0 spiro atoms. The van der Waals surface area contributed by atoms with Crippen LogP contribution in [0.25, 0.3) is 0 Å². The standard InChI is InChI=1S/C24H38O23/c25-1-3-14(7(29)9(31)21(40)41-3)44-24-13(35)16(12(34)18(47-24)20(38)39)45-22-11(33)8(30)15(4(2-26)42-22)43-23-10(32)5(27)6(28)17(46-23)19(36)37/h3-18,21-35,40H,1-2H2,(H,36,37)(H,38,39)/t3-,4+,5+,6-,7-,8+,9+,10-,11-,12-,13+,14+,15+,16-,17-,18-,21+,22-,23+,24+/m0/s1. The van der Waals surface area contributed by atoms with Gasteiger partial charge in [-0.15, -0.1) is 0 Å². The predicted octanol–water partition coefficient (Wildman–Crippen LogP) is -9.56. The van der Waals surface area contributed by atoms with E-state index >= 15 is 0 Å². The van der Waals surface area contributed by atoms with Gasteiger partial charge in [0.15, 0.2) is 37.4 Å². The van der Waals surface area contributed by atoms with E-state index < -0.39 is 148 Å². The molecule has 0 aromatic carbocycles. The van der Waals surface area contributed by atoms with Gasteiger partial charge in [0, 0.05) is 0 Å². The molecule has 0 amide bonds. The minimum Gasteiger partial charge on any atom is -0.479 e. The normalized spacial score (nSPS) is 51.0. The van der Waals surface area contributed by atoms with Gasteiger partial charge in [0.2, 0.25) is 0 Å². The van der Waals surface area contributed by atoms with E-state index in [2.05, 4.69) is 0 Å². The van der Waals surface area contributed by atoms with Crippen LogP contribution >= 0.6 is 0 Å². The van der Waals surface area contributed by atoms with E-state index in [9.17, 15) is 81.1 Å². The summed E-state index contributed by atoms with van der Waals surface area (Å²) >= 11 is 0. The van der Waals surface area contributed by atoms with E-state index in [0.29, 0.717) is 0 Å². The topological polar surface area (TPSA) is 382 Å². The van der Waals surface area contributed by atoms with Crippen molar-refractivity contribution in [1.29, 1.82) is 0 Å². The zero-order valence-electron chi connectivity index (χ0n) is 23.9. The van der Waals surface area contributed by atoms with Crippen molar-refractivity contribution in [3.05, 3.63) is 0 Å². The summed E-state index contributed by atoms with van der Waals surface area (Å²) in [4.78, 5) is 23.3. The van der Waals surface area contributed by atoms with E-state index in [-0.39, 0.29) is 0 Å². The van der Waals surface area contributed by atoms with Gasteiger partial charge in [-0.1, -0.05) is 0 Å². The van der Waals surface area contributed by atoms with Crippen molar-refractivity contribution in [2.75, 3.05) is 13.2 Å². The molecule has 4 fully saturated rings. The fourth-order valence-electron chi connectivity index (χ4n) is 5.51. The summed E-state index contributed by atoms with van der Waals surface area (Å²) in [6, 6.07) is 0. The molecule has 0 aliphatic carbocycles. The van der Waals surface area contributed by atoms with Gasteiger partial charge in [0.1, 0.15) is 85.5 Å². The third-order valence-corrected chi connectivity index (χ3v) is 8.13. The fraction of sp³-hybridized carbons (Fsp3) is 0.917. The molecule has 272 valence electrons. The Bertz CT molecular complexity index is 1060. The minimum atomic E-state index is -2.25. The average molecular weight is 695 g/mol. The van der Waals surface area contributed by atoms with Crippen molar-refractivity contribution >= 4 is 11.9 Å². The highest BCUT2D eigenvalue weighted by atomic mass is 16.8. The van der Waals surface area contributed by atoms with Gasteiger partial charge in [-0.05, 0) is 0 Å². The first-order valence-electron chi connectivity index (χ1n) is 14.1. The number of ether oxygens (including phenoxy) is 7. The van der Waals surface area contributed by atoms with Crippen molar-refractivity contribution < 1.29 is 114 Å². The number of rotatable bonds is 10. The second-order valence-corrected chi connectivity index (χ2v) is 11.2. The number of carbonyl (C=O) groups is 2. The van der Waals surface area contributed by atoms with Crippen LogP contribution in [0.3, 0.4) is 0 Å². The van der Waals surface area contributed by atoms with Crippen LogP contribution in [0, 0.1) is 0 Å². The molecule has 4 rings (SSSR count). The highest BCUT2D eigenvalue weighted by Gasteiger charge is 2.56. The predicted molar refractivity (Wildman–Crippen MR) is 135 cm³/mol. The molecule has 0 bridgehead atoms. The fourth-order valence-corrected chi connectivity index (χ4v) is 5.51. The molecule has 47 heavy (non-hydrogen) atoms. The van der Waals surface area contributed by atoms with Crippen LogP contribution in [0.4, 0.5) is 0 Å². The minimum absolute atomic E-state index is 0.912. The van der Waals surface area contributed by atoms with Crippen molar-refractivity contribution in [2.24, 2.45) is 0 Å². The Morgan fingerprint density at radius 1 is 0.447 bits per heavy atom. The molecule has 14 N–H and O–H groups in total. The molecule has 0 unspecified atom stereocenters. The van der Waals surface area contributed by atoms with Crippen molar-refractivity contribution in [1.82, 2.24) is 0 Å². The maximum Gasteiger partial charge on any atom is 0.335 e. The number of carboxylic acids is 2. The molecule has 0 aromatic heterocycles. The summed E-state index contributed by atoms with van der Waals surface area (Å²) in [5.74, 6) is -3.59. The molecule has 0 radical (unpaired) electrons. The van der Waals surface area contributed by atoms with Gasteiger partial charge in [-0.3, -0.25) is 0 Å². The first kappa shape index (κ1) is 38.0. The van der Waals surface area contributed by atoms with Gasteiger partial charge in [-0.2, -0.15) is 0 Å². The molecule has 23 nitrogen and oxygen atoms in total. The van der Waals surface area contributed by atoms with Crippen LogP contribution in [0.2, 0.25) is 0 Å². The lowest BCUT2D eigenvalue weighted by Crippen LogP contribution is -2.68. The van der Waals surface area contributed by atoms with Crippen LogP contribution in [0.5, 0.6) is 0 Å². The third-order valence-electron chi connectivity index (χ3n) is 8.13. The molecule has 0 aromatic rings. The quantitative estimate of drug-likeness (QED) is 0.101. The van der Waals surface area contributed by atoms with Crippen LogP contribution in [-0.2, 0) is 42.7 Å². The van der Waals surface area contributed by atoms with Gasteiger partial charge in [0.25, 0.3) is 0 Å². The maximum atomic E-state index is 11.9. The van der Waals surface area contributed by atoms with Gasteiger partial charge in [-0.25, -0.2) is 9.59 Å². The van der Waals surface area contributed by atoms with E-state index in [4.69, 9.17) is 33.2 Å². The third kappa shape index (κ3) is 7.53. The first-order chi connectivity index (χ1) is 22.0. The van der Waals surface area contributed by atoms with E-state index in [1.54, 1.807) is 0 Å². The summed E-state index contributed by atoms with van der Waals surface area (Å²) in [5, 5.41) is 142.